The molecule has 0 radical (unpaired) electrons. The van der Waals surface area contributed by atoms with Crippen LogP contribution in [-0.4, -0.2) is 16.3 Å². The van der Waals surface area contributed by atoms with Gasteiger partial charge in [-0.25, -0.2) is 0 Å². The molecule has 2 unspecified atom stereocenters. The molecule has 2 N–H and O–H groups in total. The predicted molar refractivity (Wildman–Crippen MR) is 75.9 cm³/mol. The summed E-state index contributed by atoms with van der Waals surface area (Å²) in [6, 6.07) is 0. The first-order chi connectivity index (χ1) is 8.51. The van der Waals surface area contributed by atoms with Crippen molar-refractivity contribution in [3.8, 4) is 0 Å². The lowest BCUT2D eigenvalue weighted by molar-refractivity contribution is 0.287. The van der Waals surface area contributed by atoms with Crippen LogP contribution in [0.25, 0.3) is 0 Å². The summed E-state index contributed by atoms with van der Waals surface area (Å²) in [5, 5.41) is 5.34. The molecule has 1 fully saturated rings. The van der Waals surface area contributed by atoms with Gasteiger partial charge in [0.25, 0.3) is 0 Å². The van der Waals surface area contributed by atoms with Gasteiger partial charge < -0.3 is 5.73 Å². The van der Waals surface area contributed by atoms with Gasteiger partial charge in [0.1, 0.15) is 0 Å². The van der Waals surface area contributed by atoms with Crippen LogP contribution in [0.4, 0.5) is 0 Å². The Hall–Kier alpha value is -0.540. The fourth-order valence-electron chi connectivity index (χ4n) is 3.31. The first-order valence-electron chi connectivity index (χ1n) is 6.93. The topological polar surface area (TPSA) is 43.8 Å². The molecule has 0 amide bonds. The van der Waals surface area contributed by atoms with Crippen molar-refractivity contribution in [1.29, 1.82) is 0 Å². The molecule has 3 nitrogen and oxygen atoms in total. The Morgan fingerprint density at radius 2 is 2.28 bits per heavy atom. The molecule has 1 saturated carbocycles. The van der Waals surface area contributed by atoms with E-state index in [1.54, 1.807) is 0 Å². The van der Waals surface area contributed by atoms with Crippen molar-refractivity contribution in [3.63, 3.8) is 0 Å². The number of hydrogen-bond donors (Lipinski definition) is 1. The second-order valence-electron chi connectivity index (χ2n) is 5.89. The van der Waals surface area contributed by atoms with Crippen molar-refractivity contribution < 1.29 is 0 Å². The standard InChI is InChI=1S/C14H24ClN3/c1-4-18-12(13(15)11(3)17-18)8-14(9-16)6-5-10(2)7-14/h10H,4-9,16H2,1-3H3. The van der Waals surface area contributed by atoms with Crippen LogP contribution >= 0.6 is 11.6 Å². The van der Waals surface area contributed by atoms with Crippen molar-refractivity contribution in [2.75, 3.05) is 6.54 Å². The highest BCUT2D eigenvalue weighted by Crippen LogP contribution is 2.44. The van der Waals surface area contributed by atoms with Crippen LogP contribution in [0.3, 0.4) is 0 Å². The van der Waals surface area contributed by atoms with Crippen LogP contribution in [0.1, 0.15) is 44.5 Å². The number of rotatable bonds is 4. The molecular weight excluding hydrogens is 246 g/mol. The molecular formula is C14H24ClN3. The minimum absolute atomic E-state index is 0.239. The zero-order chi connectivity index (χ0) is 13.3. The predicted octanol–water partition coefficient (Wildman–Crippen LogP) is 3.17. The van der Waals surface area contributed by atoms with E-state index in [0.717, 1.165) is 36.1 Å². The zero-order valence-electron chi connectivity index (χ0n) is 11.7. The quantitative estimate of drug-likeness (QED) is 0.912. The lowest BCUT2D eigenvalue weighted by Crippen LogP contribution is -2.31. The number of aromatic nitrogens is 2. The smallest absolute Gasteiger partial charge is 0.0847 e. The van der Waals surface area contributed by atoms with Gasteiger partial charge in [0.05, 0.1) is 16.4 Å². The van der Waals surface area contributed by atoms with E-state index in [9.17, 15) is 0 Å². The van der Waals surface area contributed by atoms with Gasteiger partial charge in [-0.3, -0.25) is 4.68 Å². The van der Waals surface area contributed by atoms with E-state index in [4.69, 9.17) is 17.3 Å². The van der Waals surface area contributed by atoms with Gasteiger partial charge in [0.2, 0.25) is 0 Å². The second-order valence-corrected chi connectivity index (χ2v) is 6.27. The van der Waals surface area contributed by atoms with E-state index < -0.39 is 0 Å². The van der Waals surface area contributed by atoms with Gasteiger partial charge >= 0.3 is 0 Å². The Kier molecular flexibility index (Phi) is 4.02. The fourth-order valence-corrected chi connectivity index (χ4v) is 3.51. The maximum absolute atomic E-state index is 6.40. The van der Waals surface area contributed by atoms with Crippen LogP contribution in [0, 0.1) is 18.3 Å². The molecule has 1 aromatic rings. The van der Waals surface area contributed by atoms with Gasteiger partial charge in [-0.2, -0.15) is 5.10 Å². The number of halogens is 1. The van der Waals surface area contributed by atoms with Gasteiger partial charge in [0.15, 0.2) is 0 Å². The highest BCUT2D eigenvalue weighted by molar-refractivity contribution is 6.31. The lowest BCUT2D eigenvalue weighted by Gasteiger charge is -2.28. The average molecular weight is 270 g/mol. The molecule has 1 heterocycles. The molecule has 0 spiro atoms. The molecule has 0 saturated heterocycles. The SMILES string of the molecule is CCn1nc(C)c(Cl)c1CC1(CN)CCC(C)C1. The Balaban J connectivity index is 2.27. The third-order valence-corrected chi connectivity index (χ3v) is 4.87. The Morgan fingerprint density at radius 3 is 2.78 bits per heavy atom. The molecule has 18 heavy (non-hydrogen) atoms. The maximum atomic E-state index is 6.40. The van der Waals surface area contributed by atoms with Crippen LogP contribution in [0.15, 0.2) is 0 Å². The molecule has 2 atom stereocenters. The molecule has 102 valence electrons. The van der Waals surface area contributed by atoms with Crippen LogP contribution in [0.5, 0.6) is 0 Å². The summed E-state index contributed by atoms with van der Waals surface area (Å²) in [4.78, 5) is 0. The molecule has 0 aromatic carbocycles. The van der Waals surface area contributed by atoms with Crippen LogP contribution in [-0.2, 0) is 13.0 Å². The number of hydrogen-bond acceptors (Lipinski definition) is 2. The molecule has 2 rings (SSSR count). The molecule has 4 heteroatoms. The van der Waals surface area contributed by atoms with E-state index >= 15 is 0 Å². The largest absolute Gasteiger partial charge is 0.330 e. The summed E-state index contributed by atoms with van der Waals surface area (Å²) in [5.74, 6) is 0.784. The summed E-state index contributed by atoms with van der Waals surface area (Å²) < 4.78 is 2.04. The zero-order valence-corrected chi connectivity index (χ0v) is 12.4. The summed E-state index contributed by atoms with van der Waals surface area (Å²) in [7, 11) is 0. The molecule has 1 aromatic heterocycles. The summed E-state index contributed by atoms with van der Waals surface area (Å²) in [6.07, 6.45) is 4.69. The van der Waals surface area contributed by atoms with E-state index in [0.29, 0.717) is 0 Å². The Labute approximate surface area is 115 Å². The Bertz CT molecular complexity index is 427. The average Bonchev–Trinajstić information content (AvgIpc) is 2.85. The van der Waals surface area contributed by atoms with E-state index in [1.165, 1.54) is 25.0 Å². The summed E-state index contributed by atoms with van der Waals surface area (Å²) >= 11 is 6.40. The lowest BCUT2D eigenvalue weighted by atomic mass is 9.81. The minimum Gasteiger partial charge on any atom is -0.330 e. The van der Waals surface area contributed by atoms with Crippen molar-refractivity contribution >= 4 is 11.6 Å². The minimum atomic E-state index is 0.239. The van der Waals surface area contributed by atoms with Crippen molar-refractivity contribution in [3.05, 3.63) is 16.4 Å². The highest BCUT2D eigenvalue weighted by atomic mass is 35.5. The molecule has 1 aliphatic rings. The van der Waals surface area contributed by atoms with Gasteiger partial charge in [-0.15, -0.1) is 0 Å². The number of nitrogens with two attached hydrogens (primary N) is 1. The molecule has 1 aliphatic carbocycles. The Morgan fingerprint density at radius 1 is 1.56 bits per heavy atom. The first-order valence-corrected chi connectivity index (χ1v) is 7.31. The van der Waals surface area contributed by atoms with Crippen molar-refractivity contribution in [2.24, 2.45) is 17.1 Å². The van der Waals surface area contributed by atoms with Crippen molar-refractivity contribution in [1.82, 2.24) is 9.78 Å². The van der Waals surface area contributed by atoms with Gasteiger partial charge in [-0.1, -0.05) is 24.9 Å². The van der Waals surface area contributed by atoms with Crippen molar-refractivity contribution in [2.45, 2.75) is 53.0 Å². The highest BCUT2D eigenvalue weighted by Gasteiger charge is 2.37. The maximum Gasteiger partial charge on any atom is 0.0847 e. The second kappa shape index (κ2) is 5.22. The van der Waals surface area contributed by atoms with Crippen LogP contribution in [0.2, 0.25) is 5.02 Å². The molecule has 0 bridgehead atoms. The van der Waals surface area contributed by atoms with E-state index in [1.807, 2.05) is 11.6 Å². The third-order valence-electron chi connectivity index (χ3n) is 4.38. The van der Waals surface area contributed by atoms with Gasteiger partial charge in [-0.05, 0) is 51.0 Å². The summed E-state index contributed by atoms with van der Waals surface area (Å²) in [5.41, 5.74) is 8.41. The number of nitrogens with zero attached hydrogens (tertiary/aromatic N) is 2. The third kappa shape index (κ3) is 2.43. The first kappa shape index (κ1) is 13.9. The fraction of sp³-hybridized carbons (Fsp3) is 0.786. The van der Waals surface area contributed by atoms with E-state index in [2.05, 4.69) is 18.9 Å². The van der Waals surface area contributed by atoms with Crippen LogP contribution < -0.4 is 5.73 Å². The summed E-state index contributed by atoms with van der Waals surface area (Å²) in [6.45, 7) is 8.03. The molecule has 0 aliphatic heterocycles. The normalized spacial score (nSPS) is 27.9. The van der Waals surface area contributed by atoms with Gasteiger partial charge in [0, 0.05) is 6.54 Å². The number of aryl methyl sites for hydroxylation is 2. The monoisotopic (exact) mass is 269 g/mol. The van der Waals surface area contributed by atoms with E-state index in [-0.39, 0.29) is 5.41 Å².